The second-order valence-corrected chi connectivity index (χ2v) is 9.97. The summed E-state index contributed by atoms with van der Waals surface area (Å²) in [5.41, 5.74) is 3.21. The van der Waals surface area contributed by atoms with E-state index in [0.717, 1.165) is 49.5 Å². The van der Waals surface area contributed by atoms with E-state index in [2.05, 4.69) is 51.8 Å². The summed E-state index contributed by atoms with van der Waals surface area (Å²) in [4.78, 5) is 30.6. The highest BCUT2D eigenvalue weighted by Crippen LogP contribution is 2.29. The summed E-state index contributed by atoms with van der Waals surface area (Å²) < 4.78 is 70.8. The van der Waals surface area contributed by atoms with E-state index in [4.69, 9.17) is 34.6 Å². The molecule has 4 aromatic rings. The molecule has 1 fully saturated rings. The van der Waals surface area contributed by atoms with Gasteiger partial charge in [-0.3, -0.25) is 4.90 Å². The maximum absolute atomic E-state index is 10.6. The number of carboxylic acid groups (broad SMARTS) is 2. The third-order valence-electron chi connectivity index (χ3n) is 5.95. The van der Waals surface area contributed by atoms with Crippen LogP contribution in [0.2, 0.25) is 0 Å². The maximum Gasteiger partial charge on any atom is 0.490 e. The van der Waals surface area contributed by atoms with Gasteiger partial charge in [0.15, 0.2) is 11.5 Å². The van der Waals surface area contributed by atoms with Crippen LogP contribution in [0, 0.1) is 0 Å². The van der Waals surface area contributed by atoms with Crippen molar-refractivity contribution in [3.05, 3.63) is 65.6 Å². The van der Waals surface area contributed by atoms with Crippen molar-refractivity contribution in [1.29, 1.82) is 0 Å². The van der Waals surface area contributed by atoms with E-state index in [1.165, 1.54) is 10.4 Å². The van der Waals surface area contributed by atoms with Gasteiger partial charge in [-0.1, -0.05) is 12.1 Å². The maximum atomic E-state index is 10.6. The Morgan fingerprint density at radius 3 is 2.30 bits per heavy atom. The molecule has 0 radical (unpaired) electrons. The molecule has 43 heavy (non-hydrogen) atoms. The normalized spacial score (nSPS) is 15.6. The summed E-state index contributed by atoms with van der Waals surface area (Å²) >= 11 is 1.74. The van der Waals surface area contributed by atoms with Crippen molar-refractivity contribution in [3.8, 4) is 16.3 Å². The molecule has 0 aliphatic carbocycles. The predicted octanol–water partition coefficient (Wildman–Crippen LogP) is 5.51. The molecular formula is C26H25F6N5O5S. The van der Waals surface area contributed by atoms with Crippen molar-refractivity contribution >= 4 is 28.9 Å². The summed E-state index contributed by atoms with van der Waals surface area (Å²) in [5.74, 6) is -3.52. The van der Waals surface area contributed by atoms with Gasteiger partial charge in [-0.05, 0) is 49.0 Å². The third-order valence-corrected chi connectivity index (χ3v) is 6.86. The molecule has 1 aliphatic rings. The topological polar surface area (TPSA) is 130 Å². The van der Waals surface area contributed by atoms with Crippen LogP contribution in [-0.4, -0.2) is 79.2 Å². The second kappa shape index (κ2) is 14.3. The molecule has 2 N–H and O–H groups in total. The summed E-state index contributed by atoms with van der Waals surface area (Å²) in [5, 5.41) is 21.2. The van der Waals surface area contributed by atoms with Crippen LogP contribution in [0.25, 0.3) is 16.1 Å². The number of ether oxygens (including phenoxy) is 1. The molecule has 0 aromatic carbocycles. The molecule has 1 aliphatic heterocycles. The first-order valence-corrected chi connectivity index (χ1v) is 13.3. The zero-order valence-electron chi connectivity index (χ0n) is 22.3. The first-order chi connectivity index (χ1) is 20.2. The minimum absolute atomic E-state index is 0.344. The van der Waals surface area contributed by atoms with Crippen molar-refractivity contribution in [3.63, 3.8) is 0 Å². The van der Waals surface area contributed by atoms with Gasteiger partial charge in [0, 0.05) is 47.4 Å². The number of methoxy groups -OCH3 is 1. The standard InChI is InChI=1S/C22H23N5OS.2C2HF3O2/c1-28-22-18(5-2-10-23-22)14-26-11-3-6-17(13-26)21-24-20-9-8-16(15-27(20)25-21)19-7-4-12-29-19;2*3-2(4,5)1(6)7/h2,4-5,7-10,12,15,17H,3,6,11,13-14H2,1H3;2*(H,6,7). The van der Waals surface area contributed by atoms with Crippen molar-refractivity contribution in [1.82, 2.24) is 24.5 Å². The molecule has 1 saturated heterocycles. The lowest BCUT2D eigenvalue weighted by atomic mass is 9.97. The Morgan fingerprint density at radius 1 is 1.05 bits per heavy atom. The minimum Gasteiger partial charge on any atom is -0.481 e. The van der Waals surface area contributed by atoms with Gasteiger partial charge in [0.05, 0.1) is 7.11 Å². The monoisotopic (exact) mass is 633 g/mol. The van der Waals surface area contributed by atoms with Gasteiger partial charge in [0.2, 0.25) is 5.88 Å². The summed E-state index contributed by atoms with van der Waals surface area (Å²) in [7, 11) is 1.68. The lowest BCUT2D eigenvalue weighted by Crippen LogP contribution is -2.34. The van der Waals surface area contributed by atoms with Crippen LogP contribution in [0.3, 0.4) is 0 Å². The number of fused-ring (bicyclic) bond motifs is 1. The Labute approximate surface area is 244 Å². The van der Waals surface area contributed by atoms with Crippen molar-refractivity contribution in [2.45, 2.75) is 37.7 Å². The quantitative estimate of drug-likeness (QED) is 0.274. The number of carboxylic acids is 2. The number of piperidine rings is 1. The predicted molar refractivity (Wildman–Crippen MR) is 142 cm³/mol. The number of carbonyl (C=O) groups is 2. The Morgan fingerprint density at radius 2 is 1.72 bits per heavy atom. The highest BCUT2D eigenvalue weighted by atomic mass is 32.1. The smallest absolute Gasteiger partial charge is 0.481 e. The highest BCUT2D eigenvalue weighted by molar-refractivity contribution is 7.13. The molecule has 10 nitrogen and oxygen atoms in total. The fourth-order valence-corrected chi connectivity index (χ4v) is 4.76. The van der Waals surface area contributed by atoms with E-state index in [9.17, 15) is 26.3 Å². The Hall–Kier alpha value is -4.25. The van der Waals surface area contributed by atoms with E-state index >= 15 is 0 Å². The summed E-state index contributed by atoms with van der Waals surface area (Å²) in [6.07, 6.45) is -4.05. The Bertz CT molecular complexity index is 1490. The molecule has 0 bridgehead atoms. The van der Waals surface area contributed by atoms with E-state index in [0.29, 0.717) is 11.8 Å². The average molecular weight is 634 g/mol. The number of hydrogen-bond donors (Lipinski definition) is 2. The van der Waals surface area contributed by atoms with Crippen LogP contribution in [0.15, 0.2) is 54.2 Å². The van der Waals surface area contributed by atoms with Gasteiger partial charge in [0.1, 0.15) is 0 Å². The fourth-order valence-electron chi connectivity index (χ4n) is 4.04. The molecule has 5 heterocycles. The van der Waals surface area contributed by atoms with Crippen molar-refractivity contribution < 1.29 is 50.9 Å². The van der Waals surface area contributed by atoms with Crippen LogP contribution >= 0.6 is 11.3 Å². The Balaban J connectivity index is 0.000000303. The number of alkyl halides is 6. The van der Waals surface area contributed by atoms with Crippen LogP contribution in [-0.2, 0) is 16.1 Å². The van der Waals surface area contributed by atoms with Gasteiger partial charge >= 0.3 is 24.3 Å². The van der Waals surface area contributed by atoms with Gasteiger partial charge in [-0.15, -0.1) is 11.3 Å². The van der Waals surface area contributed by atoms with E-state index in [-0.39, 0.29) is 0 Å². The SMILES string of the molecule is COc1ncccc1CN1CCCC(c2nc3ccc(-c4cccs4)cn3n2)C1.O=C(O)C(F)(F)F.O=C(O)C(F)(F)F. The lowest BCUT2D eigenvalue weighted by Gasteiger charge is -2.31. The average Bonchev–Trinajstić information content (AvgIpc) is 3.63. The number of likely N-dealkylation sites (tertiary alicyclic amines) is 1. The van der Waals surface area contributed by atoms with E-state index in [1.54, 1.807) is 24.6 Å². The number of rotatable bonds is 5. The molecule has 0 amide bonds. The van der Waals surface area contributed by atoms with Crippen LogP contribution in [0.1, 0.15) is 30.1 Å². The van der Waals surface area contributed by atoms with E-state index < -0.39 is 24.3 Å². The molecule has 4 aromatic heterocycles. The summed E-state index contributed by atoms with van der Waals surface area (Å²) in [6.45, 7) is 2.86. The summed E-state index contributed by atoms with van der Waals surface area (Å²) in [6, 6.07) is 12.5. The number of aliphatic carboxylic acids is 2. The molecule has 1 atom stereocenters. The van der Waals surface area contributed by atoms with Gasteiger partial charge < -0.3 is 14.9 Å². The van der Waals surface area contributed by atoms with Crippen molar-refractivity contribution in [2.75, 3.05) is 20.2 Å². The zero-order valence-corrected chi connectivity index (χ0v) is 23.2. The molecule has 0 spiro atoms. The van der Waals surface area contributed by atoms with Crippen molar-refractivity contribution in [2.24, 2.45) is 0 Å². The molecule has 0 saturated carbocycles. The van der Waals surface area contributed by atoms with Crippen LogP contribution in [0.5, 0.6) is 5.88 Å². The van der Waals surface area contributed by atoms with Gasteiger partial charge in [-0.2, -0.15) is 31.4 Å². The van der Waals surface area contributed by atoms with E-state index in [1.807, 2.05) is 10.6 Å². The molecule has 1 unspecified atom stereocenters. The number of aromatic nitrogens is 4. The number of thiophene rings is 1. The fraction of sp³-hybridized carbons (Fsp3) is 0.346. The number of nitrogens with zero attached hydrogens (tertiary/aromatic N) is 5. The number of halogens is 6. The molecule has 17 heteroatoms. The second-order valence-electron chi connectivity index (χ2n) is 9.02. The first-order valence-electron chi connectivity index (χ1n) is 12.4. The Kier molecular flexibility index (Phi) is 11.0. The van der Waals surface area contributed by atoms with Crippen LogP contribution < -0.4 is 4.74 Å². The number of pyridine rings is 2. The third kappa shape index (κ3) is 9.64. The molecular weight excluding hydrogens is 608 g/mol. The molecule has 5 rings (SSSR count). The highest BCUT2D eigenvalue weighted by Gasteiger charge is 2.38. The first kappa shape index (κ1) is 33.3. The number of hydrogen-bond acceptors (Lipinski definition) is 8. The zero-order chi connectivity index (χ0) is 31.8. The minimum atomic E-state index is -5.08. The lowest BCUT2D eigenvalue weighted by molar-refractivity contribution is -0.193. The van der Waals surface area contributed by atoms with Crippen LogP contribution in [0.4, 0.5) is 26.3 Å². The largest absolute Gasteiger partial charge is 0.490 e. The molecule has 232 valence electrons. The van der Waals surface area contributed by atoms with Gasteiger partial charge in [-0.25, -0.2) is 24.1 Å². The van der Waals surface area contributed by atoms with Gasteiger partial charge in [0.25, 0.3) is 0 Å².